The van der Waals surface area contributed by atoms with E-state index in [0.29, 0.717) is 0 Å². The quantitative estimate of drug-likeness (QED) is 0.335. The summed E-state index contributed by atoms with van der Waals surface area (Å²) >= 11 is 0. The van der Waals surface area contributed by atoms with E-state index in [1.54, 1.807) is 0 Å². The van der Waals surface area contributed by atoms with Crippen LogP contribution in [0.4, 0.5) is 8.78 Å². The number of carbonyl (C=O) groups is 2. The van der Waals surface area contributed by atoms with Gasteiger partial charge in [-0.25, -0.2) is 8.78 Å². The molecule has 0 aliphatic carbocycles. The van der Waals surface area contributed by atoms with Gasteiger partial charge in [-0.1, -0.05) is 26.0 Å². The third-order valence-corrected chi connectivity index (χ3v) is 2.90. The van der Waals surface area contributed by atoms with E-state index in [-0.39, 0.29) is 30.5 Å². The van der Waals surface area contributed by atoms with E-state index in [0.717, 1.165) is 31.5 Å². The first kappa shape index (κ1) is 23.1. The van der Waals surface area contributed by atoms with Crippen molar-refractivity contribution in [2.24, 2.45) is 0 Å². The van der Waals surface area contributed by atoms with Crippen molar-refractivity contribution in [2.45, 2.75) is 26.4 Å². The number of unbranched alkanes of at least 4 members (excludes halogenated alkanes) is 1. The van der Waals surface area contributed by atoms with Gasteiger partial charge in [-0.2, -0.15) is 0 Å². The number of carboxylic acid groups (broad SMARTS) is 1. The summed E-state index contributed by atoms with van der Waals surface area (Å²) in [6, 6.07) is 3.45. The highest BCUT2D eigenvalue weighted by Gasteiger charge is 2.09. The number of nitrogens with one attached hydrogen (secondary N) is 2. The van der Waals surface area contributed by atoms with Gasteiger partial charge in [-0.3, -0.25) is 9.59 Å². The number of carbonyl (C=O) groups excluding carboxylic acids is 1. The van der Waals surface area contributed by atoms with Gasteiger partial charge in [0.25, 0.3) is 0 Å². The standard InChI is InChI=1S/C11H11F2NO3.C7H13NO/c1-7(14-5-11(15)16)17-6-8-9(12)3-2-4-10(8)13;1-3-5-6-8-7(9)4-2/h2-4,14H,1,5-6H2,(H,15,16);4H,2-3,5-6H2,1H3,(H,8,9). The van der Waals surface area contributed by atoms with Gasteiger partial charge in [-0.05, 0) is 31.2 Å². The Kier molecular flexibility index (Phi) is 11.9. The van der Waals surface area contributed by atoms with Crippen LogP contribution < -0.4 is 10.6 Å². The highest BCUT2D eigenvalue weighted by atomic mass is 19.1. The first-order chi connectivity index (χ1) is 12.3. The SMILES string of the molecule is C=C(NCC(=O)O)OCc1c(F)cccc1F.C=CC(=O)NCCCC. The average Bonchev–Trinajstić information content (AvgIpc) is 2.60. The number of aliphatic carboxylic acids is 1. The van der Waals surface area contributed by atoms with Crippen molar-refractivity contribution in [1.82, 2.24) is 10.6 Å². The maximum atomic E-state index is 13.2. The molecular weight excluding hydrogens is 346 g/mol. The molecule has 1 amide bonds. The van der Waals surface area contributed by atoms with Crippen molar-refractivity contribution in [3.8, 4) is 0 Å². The number of ether oxygens (including phenoxy) is 1. The fraction of sp³-hybridized carbons (Fsp3) is 0.333. The molecule has 0 bridgehead atoms. The molecule has 0 heterocycles. The van der Waals surface area contributed by atoms with Gasteiger partial charge in [0.1, 0.15) is 24.8 Å². The number of carboxylic acids is 1. The molecule has 0 fully saturated rings. The Balaban J connectivity index is 0.000000590. The molecule has 3 N–H and O–H groups in total. The third kappa shape index (κ3) is 10.8. The predicted octanol–water partition coefficient (Wildman–Crippen LogP) is 2.72. The van der Waals surface area contributed by atoms with Gasteiger partial charge >= 0.3 is 5.97 Å². The van der Waals surface area contributed by atoms with Crippen molar-refractivity contribution >= 4 is 11.9 Å². The van der Waals surface area contributed by atoms with Crippen molar-refractivity contribution < 1.29 is 28.2 Å². The summed E-state index contributed by atoms with van der Waals surface area (Å²) in [7, 11) is 0. The number of hydrogen-bond donors (Lipinski definition) is 3. The molecule has 0 unspecified atom stereocenters. The third-order valence-electron chi connectivity index (χ3n) is 2.90. The van der Waals surface area contributed by atoms with Gasteiger partial charge in [0.05, 0.1) is 5.56 Å². The van der Waals surface area contributed by atoms with Crippen LogP contribution in [0.5, 0.6) is 0 Å². The average molecular weight is 370 g/mol. The Morgan fingerprint density at radius 2 is 1.88 bits per heavy atom. The van der Waals surface area contributed by atoms with Crippen LogP contribution in [0.1, 0.15) is 25.3 Å². The number of halogens is 2. The minimum atomic E-state index is -1.09. The molecule has 144 valence electrons. The van der Waals surface area contributed by atoms with E-state index in [1.807, 2.05) is 0 Å². The number of rotatable bonds is 10. The fourth-order valence-electron chi connectivity index (χ4n) is 1.52. The van der Waals surface area contributed by atoms with Crippen LogP contribution >= 0.6 is 0 Å². The lowest BCUT2D eigenvalue weighted by molar-refractivity contribution is -0.136. The molecule has 6 nitrogen and oxygen atoms in total. The van der Waals surface area contributed by atoms with Gasteiger partial charge in [0, 0.05) is 6.54 Å². The van der Waals surface area contributed by atoms with Crippen LogP contribution in [-0.4, -0.2) is 30.1 Å². The van der Waals surface area contributed by atoms with Crippen molar-refractivity contribution in [3.05, 3.63) is 60.5 Å². The molecule has 0 aromatic heterocycles. The van der Waals surface area contributed by atoms with Crippen molar-refractivity contribution in [3.63, 3.8) is 0 Å². The second-order valence-corrected chi connectivity index (χ2v) is 5.01. The van der Waals surface area contributed by atoms with E-state index in [1.165, 1.54) is 12.1 Å². The maximum absolute atomic E-state index is 13.2. The zero-order chi connectivity index (χ0) is 19.9. The number of benzene rings is 1. The second-order valence-electron chi connectivity index (χ2n) is 5.01. The smallest absolute Gasteiger partial charge is 0.322 e. The van der Waals surface area contributed by atoms with Crippen LogP contribution in [0.3, 0.4) is 0 Å². The van der Waals surface area contributed by atoms with Crippen LogP contribution in [0.2, 0.25) is 0 Å². The zero-order valence-electron chi connectivity index (χ0n) is 14.7. The van der Waals surface area contributed by atoms with E-state index in [9.17, 15) is 18.4 Å². The normalized spacial score (nSPS) is 9.35. The molecule has 0 saturated carbocycles. The molecular formula is C18H24F2N2O4. The maximum Gasteiger partial charge on any atom is 0.322 e. The Morgan fingerprint density at radius 1 is 1.27 bits per heavy atom. The second kappa shape index (κ2) is 13.4. The molecule has 0 saturated heterocycles. The van der Waals surface area contributed by atoms with Gasteiger partial charge in [0.15, 0.2) is 5.88 Å². The lowest BCUT2D eigenvalue weighted by atomic mass is 10.2. The molecule has 26 heavy (non-hydrogen) atoms. The molecule has 0 spiro atoms. The lowest BCUT2D eigenvalue weighted by Gasteiger charge is -2.10. The Labute approximate surface area is 151 Å². The number of hydrogen-bond acceptors (Lipinski definition) is 4. The van der Waals surface area contributed by atoms with E-state index >= 15 is 0 Å². The Bertz CT molecular complexity index is 601. The van der Waals surface area contributed by atoms with E-state index in [4.69, 9.17) is 9.84 Å². The molecule has 1 aromatic rings. The first-order valence-corrected chi connectivity index (χ1v) is 7.92. The van der Waals surface area contributed by atoms with Gasteiger partial charge in [0.2, 0.25) is 5.91 Å². The van der Waals surface area contributed by atoms with Crippen LogP contribution in [-0.2, 0) is 20.9 Å². The molecule has 0 atom stereocenters. The van der Waals surface area contributed by atoms with E-state index < -0.39 is 17.6 Å². The molecule has 1 aromatic carbocycles. The molecule has 0 aliphatic rings. The largest absolute Gasteiger partial charge is 0.480 e. The number of amides is 1. The van der Waals surface area contributed by atoms with Gasteiger partial charge in [-0.15, -0.1) is 0 Å². The summed E-state index contributed by atoms with van der Waals surface area (Å²) in [6.45, 7) is 8.80. The topological polar surface area (TPSA) is 87.7 Å². The minimum Gasteiger partial charge on any atom is -0.480 e. The van der Waals surface area contributed by atoms with Crippen LogP contribution in [0.25, 0.3) is 0 Å². The highest BCUT2D eigenvalue weighted by Crippen LogP contribution is 2.13. The summed E-state index contributed by atoms with van der Waals surface area (Å²) < 4.78 is 31.2. The van der Waals surface area contributed by atoms with Crippen molar-refractivity contribution in [1.29, 1.82) is 0 Å². The summed E-state index contributed by atoms with van der Waals surface area (Å²) in [5.74, 6) is -2.68. The monoisotopic (exact) mass is 370 g/mol. The molecule has 1 rings (SSSR count). The summed E-state index contributed by atoms with van der Waals surface area (Å²) in [6.07, 6.45) is 3.44. The minimum absolute atomic E-state index is 0.0601. The Morgan fingerprint density at radius 3 is 2.38 bits per heavy atom. The molecule has 8 heteroatoms. The van der Waals surface area contributed by atoms with Gasteiger partial charge < -0.3 is 20.5 Å². The van der Waals surface area contributed by atoms with Crippen LogP contribution in [0.15, 0.2) is 43.3 Å². The predicted molar refractivity (Wildman–Crippen MR) is 94.0 cm³/mol. The first-order valence-electron chi connectivity index (χ1n) is 7.92. The van der Waals surface area contributed by atoms with Crippen molar-refractivity contribution in [2.75, 3.05) is 13.1 Å². The lowest BCUT2D eigenvalue weighted by Crippen LogP contribution is -2.22. The summed E-state index contributed by atoms with van der Waals surface area (Å²) in [5.41, 5.74) is -0.231. The zero-order valence-corrected chi connectivity index (χ0v) is 14.7. The summed E-state index contributed by atoms with van der Waals surface area (Å²) in [4.78, 5) is 20.7. The fourth-order valence-corrected chi connectivity index (χ4v) is 1.52. The molecule has 0 aliphatic heterocycles. The van der Waals surface area contributed by atoms with Crippen LogP contribution in [0, 0.1) is 11.6 Å². The molecule has 0 radical (unpaired) electrons. The summed E-state index contributed by atoms with van der Waals surface area (Å²) in [5, 5.41) is 13.4. The highest BCUT2D eigenvalue weighted by molar-refractivity contribution is 5.86. The Hall–Kier alpha value is -2.90. The van der Waals surface area contributed by atoms with E-state index in [2.05, 4.69) is 30.7 Å².